The minimum Gasteiger partial charge on any atom is -0.495 e. The van der Waals surface area contributed by atoms with Gasteiger partial charge in [-0.1, -0.05) is 18.9 Å². The van der Waals surface area contributed by atoms with E-state index in [2.05, 4.69) is 27.8 Å². The Bertz CT molecular complexity index is 1420. The van der Waals surface area contributed by atoms with Crippen molar-refractivity contribution in [3.63, 3.8) is 0 Å². The molecule has 0 aliphatic rings. The zero-order valence-corrected chi connectivity index (χ0v) is 16.8. The summed E-state index contributed by atoms with van der Waals surface area (Å²) in [7, 11) is 1.53. The lowest BCUT2D eigenvalue weighted by atomic mass is 10.00. The lowest BCUT2D eigenvalue weighted by Gasteiger charge is -2.10. The Balaban J connectivity index is 1.87. The average molecular weight is 417 g/mol. The van der Waals surface area contributed by atoms with Crippen molar-refractivity contribution in [1.82, 2.24) is 18.9 Å². The number of hydrogen-bond donors (Lipinski definition) is 2. The minimum atomic E-state index is -0.449. The summed E-state index contributed by atoms with van der Waals surface area (Å²) in [6, 6.07) is 10.9. The van der Waals surface area contributed by atoms with E-state index in [1.54, 1.807) is 40.8 Å². The summed E-state index contributed by atoms with van der Waals surface area (Å²) in [6.07, 6.45) is 6.34. The Hall–Kier alpha value is -3.65. The first-order valence-corrected chi connectivity index (χ1v) is 9.50. The summed E-state index contributed by atoms with van der Waals surface area (Å²) in [5, 5.41) is 1.42. The predicted octanol–water partition coefficient (Wildman–Crippen LogP) is 4.74. The highest BCUT2D eigenvalue weighted by Gasteiger charge is 2.20. The molecule has 0 unspecified atom stereocenters. The van der Waals surface area contributed by atoms with Gasteiger partial charge in [-0.25, -0.2) is 9.37 Å². The van der Waals surface area contributed by atoms with Crippen molar-refractivity contribution in [1.29, 1.82) is 0 Å². The van der Waals surface area contributed by atoms with Crippen LogP contribution in [-0.4, -0.2) is 26.0 Å². The molecule has 0 saturated carbocycles. The van der Waals surface area contributed by atoms with Gasteiger partial charge >= 0.3 is 0 Å². The first-order chi connectivity index (χ1) is 14.6. The molecule has 0 atom stereocenters. The molecule has 0 aliphatic heterocycles. The highest BCUT2D eigenvalue weighted by atomic mass is 32.1. The number of halogens is 1. The number of ether oxygens (including phenoxy) is 1. The molecule has 0 radical (unpaired) electrons. The van der Waals surface area contributed by atoms with Crippen molar-refractivity contribution < 1.29 is 9.13 Å². The van der Waals surface area contributed by atoms with E-state index in [0.29, 0.717) is 33.6 Å². The van der Waals surface area contributed by atoms with Gasteiger partial charge in [-0.15, -0.1) is 0 Å². The van der Waals surface area contributed by atoms with Crippen molar-refractivity contribution in [2.45, 2.75) is 0 Å². The van der Waals surface area contributed by atoms with Crippen LogP contribution in [0.15, 0.2) is 61.2 Å². The number of nitrogens with two attached hydrogens (primary N) is 1. The molecule has 6 nitrogen and oxygen atoms in total. The molecule has 4 heterocycles. The standard InChI is InChI=1S/C22H16FN5OS/c1-29-19-7-12(4-5-16(19)24)20-15(23)10-27-22-21(20)14-8-17(13-3-2-6-25-9-13)26-11-18(14)28(22)30/h2-11,30H,24H2,1H3. The molecule has 0 bridgehead atoms. The van der Waals surface area contributed by atoms with Gasteiger partial charge in [0.25, 0.3) is 0 Å². The zero-order valence-electron chi connectivity index (χ0n) is 15.9. The van der Waals surface area contributed by atoms with Gasteiger partial charge in [-0.05, 0) is 35.9 Å². The van der Waals surface area contributed by atoms with E-state index < -0.39 is 5.82 Å². The van der Waals surface area contributed by atoms with Crippen LogP contribution < -0.4 is 10.5 Å². The number of nitrogens with zero attached hydrogens (tertiary/aromatic N) is 4. The van der Waals surface area contributed by atoms with Crippen LogP contribution in [0.25, 0.3) is 44.3 Å². The smallest absolute Gasteiger partial charge is 0.151 e. The third kappa shape index (κ3) is 2.76. The number of anilines is 1. The molecule has 30 heavy (non-hydrogen) atoms. The quantitative estimate of drug-likeness (QED) is 0.328. The van der Waals surface area contributed by atoms with Gasteiger partial charge < -0.3 is 10.5 Å². The fourth-order valence-corrected chi connectivity index (χ4v) is 3.96. The van der Waals surface area contributed by atoms with Crippen LogP contribution >= 0.6 is 12.8 Å². The largest absolute Gasteiger partial charge is 0.495 e. The van der Waals surface area contributed by atoms with Crippen LogP contribution in [0.4, 0.5) is 10.1 Å². The number of pyridine rings is 3. The maximum absolute atomic E-state index is 15.1. The van der Waals surface area contributed by atoms with Gasteiger partial charge in [-0.2, -0.15) is 0 Å². The number of benzene rings is 1. The number of nitrogen functional groups attached to an aromatic ring is 1. The monoisotopic (exact) mass is 417 g/mol. The molecule has 0 amide bonds. The molecule has 1 aromatic carbocycles. The normalized spacial score (nSPS) is 11.3. The van der Waals surface area contributed by atoms with Gasteiger partial charge in [0.15, 0.2) is 5.65 Å². The minimum absolute atomic E-state index is 0.402. The van der Waals surface area contributed by atoms with Crippen LogP contribution in [0.1, 0.15) is 0 Å². The summed E-state index contributed by atoms with van der Waals surface area (Å²) in [5.74, 6) is 0.0269. The topological polar surface area (TPSA) is 78.9 Å². The molecule has 0 saturated heterocycles. The lowest BCUT2D eigenvalue weighted by Crippen LogP contribution is -1.95. The van der Waals surface area contributed by atoms with Gasteiger partial charge in [0.2, 0.25) is 0 Å². The van der Waals surface area contributed by atoms with Crippen LogP contribution in [0.2, 0.25) is 0 Å². The Morgan fingerprint density at radius 1 is 1.07 bits per heavy atom. The van der Waals surface area contributed by atoms with Crippen LogP contribution in [0, 0.1) is 5.82 Å². The Morgan fingerprint density at radius 3 is 2.70 bits per heavy atom. The maximum Gasteiger partial charge on any atom is 0.151 e. The summed E-state index contributed by atoms with van der Waals surface area (Å²) in [4.78, 5) is 13.0. The van der Waals surface area contributed by atoms with E-state index in [4.69, 9.17) is 10.5 Å². The van der Waals surface area contributed by atoms with Crippen LogP contribution in [0.3, 0.4) is 0 Å². The number of thiol groups is 1. The average Bonchev–Trinajstić information content (AvgIpc) is 3.06. The van der Waals surface area contributed by atoms with E-state index in [1.165, 1.54) is 13.3 Å². The van der Waals surface area contributed by atoms with Gasteiger partial charge in [0.05, 0.1) is 36.4 Å². The summed E-state index contributed by atoms with van der Waals surface area (Å²) in [6.45, 7) is 0. The SMILES string of the molecule is COc1cc(-c2c(F)cnc3c2c2cc(-c4cccnc4)ncc2n3S)ccc1N. The lowest BCUT2D eigenvalue weighted by molar-refractivity contribution is 0.417. The Morgan fingerprint density at radius 2 is 1.93 bits per heavy atom. The molecule has 5 aromatic rings. The molecule has 148 valence electrons. The highest BCUT2D eigenvalue weighted by Crippen LogP contribution is 2.40. The summed E-state index contributed by atoms with van der Waals surface area (Å²) in [5.41, 5.74) is 10.3. The molecular formula is C22H16FN5OS. The van der Waals surface area contributed by atoms with Gasteiger partial charge in [0.1, 0.15) is 11.6 Å². The number of rotatable bonds is 3. The van der Waals surface area contributed by atoms with Crippen molar-refractivity contribution in [3.8, 4) is 28.1 Å². The van der Waals surface area contributed by atoms with Crippen molar-refractivity contribution in [2.24, 2.45) is 0 Å². The zero-order chi connectivity index (χ0) is 20.8. The third-order valence-corrected chi connectivity index (χ3v) is 5.48. The fraction of sp³-hybridized carbons (Fsp3) is 0.0455. The second-order valence-electron chi connectivity index (χ2n) is 6.78. The molecule has 8 heteroatoms. The predicted molar refractivity (Wildman–Crippen MR) is 119 cm³/mol. The van der Waals surface area contributed by atoms with Crippen molar-refractivity contribution >= 4 is 40.4 Å². The van der Waals surface area contributed by atoms with Gasteiger partial charge in [-0.3, -0.25) is 13.9 Å². The van der Waals surface area contributed by atoms with Crippen molar-refractivity contribution in [3.05, 3.63) is 67.0 Å². The number of aromatic nitrogens is 4. The van der Waals surface area contributed by atoms with E-state index in [1.807, 2.05) is 18.2 Å². The molecule has 0 aliphatic carbocycles. The van der Waals surface area contributed by atoms with E-state index in [9.17, 15) is 0 Å². The highest BCUT2D eigenvalue weighted by molar-refractivity contribution is 7.79. The molecule has 0 spiro atoms. The first-order valence-electron chi connectivity index (χ1n) is 9.10. The molecule has 4 aromatic heterocycles. The third-order valence-electron chi connectivity index (χ3n) is 5.07. The van der Waals surface area contributed by atoms with E-state index in [0.717, 1.165) is 22.2 Å². The summed E-state index contributed by atoms with van der Waals surface area (Å²) >= 11 is 4.57. The van der Waals surface area contributed by atoms with Crippen molar-refractivity contribution in [2.75, 3.05) is 12.8 Å². The summed E-state index contributed by atoms with van der Waals surface area (Å²) < 4.78 is 22.0. The Labute approximate surface area is 176 Å². The van der Waals surface area contributed by atoms with Gasteiger partial charge in [0, 0.05) is 34.3 Å². The number of methoxy groups -OCH3 is 1. The van der Waals surface area contributed by atoms with E-state index in [-0.39, 0.29) is 0 Å². The number of hydrogen-bond acceptors (Lipinski definition) is 6. The number of fused-ring (bicyclic) bond motifs is 3. The fourth-order valence-electron chi connectivity index (χ4n) is 3.65. The Kier molecular flexibility index (Phi) is 4.29. The molecule has 0 fully saturated rings. The molecule has 2 N–H and O–H groups in total. The molecule has 5 rings (SSSR count). The second-order valence-corrected chi connectivity index (χ2v) is 7.18. The van der Waals surface area contributed by atoms with E-state index >= 15 is 4.39 Å². The van der Waals surface area contributed by atoms with Crippen LogP contribution in [-0.2, 0) is 0 Å². The second kappa shape index (κ2) is 7.00. The molecular weight excluding hydrogens is 401 g/mol. The first kappa shape index (κ1) is 18.4. The maximum atomic E-state index is 15.1. The van der Waals surface area contributed by atoms with Crippen LogP contribution in [0.5, 0.6) is 5.75 Å².